The topological polar surface area (TPSA) is 90.2 Å². The molecule has 0 atom stereocenters. The van der Waals surface area contributed by atoms with Gasteiger partial charge in [-0.2, -0.15) is 4.39 Å². The lowest BCUT2D eigenvalue weighted by atomic mass is 10.2. The zero-order valence-electron chi connectivity index (χ0n) is 11.2. The van der Waals surface area contributed by atoms with Gasteiger partial charge in [0, 0.05) is 18.3 Å². The number of benzene rings is 1. The maximum absolute atomic E-state index is 13.8. The van der Waals surface area contributed by atoms with E-state index >= 15 is 0 Å². The van der Waals surface area contributed by atoms with Gasteiger partial charge < -0.3 is 10.1 Å². The van der Waals surface area contributed by atoms with Crippen LogP contribution in [0, 0.1) is 15.9 Å². The van der Waals surface area contributed by atoms with Crippen molar-refractivity contribution >= 4 is 29.0 Å². The van der Waals surface area contributed by atoms with Crippen molar-refractivity contribution in [3.05, 3.63) is 40.3 Å². The van der Waals surface area contributed by atoms with E-state index in [-0.39, 0.29) is 11.4 Å². The van der Waals surface area contributed by atoms with Crippen LogP contribution in [-0.4, -0.2) is 28.3 Å². The zero-order chi connectivity index (χ0) is 15.4. The number of nitrogens with one attached hydrogen (secondary N) is 1. The first-order valence-corrected chi connectivity index (χ1v) is 6.93. The van der Waals surface area contributed by atoms with Crippen molar-refractivity contribution in [1.82, 2.24) is 9.97 Å². The number of rotatable bonds is 5. The van der Waals surface area contributed by atoms with Crippen LogP contribution in [0.4, 0.5) is 21.6 Å². The highest BCUT2D eigenvalue weighted by Gasteiger charge is 2.22. The molecule has 7 nitrogen and oxygen atoms in total. The summed E-state index contributed by atoms with van der Waals surface area (Å²) in [6.45, 7) is 0. The van der Waals surface area contributed by atoms with Crippen LogP contribution < -0.4 is 10.1 Å². The molecule has 1 aromatic heterocycles. The van der Waals surface area contributed by atoms with Gasteiger partial charge in [0.15, 0.2) is 5.16 Å². The van der Waals surface area contributed by atoms with Crippen LogP contribution in [0.3, 0.4) is 0 Å². The van der Waals surface area contributed by atoms with E-state index in [4.69, 9.17) is 4.74 Å². The van der Waals surface area contributed by atoms with Gasteiger partial charge in [0.25, 0.3) is 0 Å². The first-order valence-electron chi connectivity index (χ1n) is 5.71. The van der Waals surface area contributed by atoms with Gasteiger partial charge in [-0.05, 0) is 12.3 Å². The molecule has 0 unspecified atom stereocenters. The monoisotopic (exact) mass is 310 g/mol. The molecule has 0 fully saturated rings. The molecule has 2 aromatic rings. The molecule has 2 rings (SSSR count). The molecule has 21 heavy (non-hydrogen) atoms. The summed E-state index contributed by atoms with van der Waals surface area (Å²) in [5.74, 6) is -0.495. The van der Waals surface area contributed by atoms with Gasteiger partial charge in [-0.1, -0.05) is 11.8 Å². The number of aromatic nitrogens is 2. The molecule has 0 aliphatic heterocycles. The number of anilines is 2. The Morgan fingerprint density at radius 2 is 2.24 bits per heavy atom. The minimum absolute atomic E-state index is 0.0393. The molecule has 1 heterocycles. The lowest BCUT2D eigenvalue weighted by Crippen LogP contribution is -2.02. The van der Waals surface area contributed by atoms with E-state index in [1.54, 1.807) is 6.26 Å². The smallest absolute Gasteiger partial charge is 0.328 e. The number of nitrogens with zero attached hydrogens (tertiary/aromatic N) is 3. The summed E-state index contributed by atoms with van der Waals surface area (Å²) in [6.07, 6.45) is 3.30. The third-order valence-corrected chi connectivity index (χ3v) is 3.10. The van der Waals surface area contributed by atoms with Crippen LogP contribution in [0.15, 0.2) is 29.6 Å². The number of hydrogen-bond acceptors (Lipinski definition) is 7. The van der Waals surface area contributed by atoms with E-state index in [1.165, 1.54) is 37.2 Å². The molecule has 0 saturated heterocycles. The highest BCUT2D eigenvalue weighted by atomic mass is 32.2. The summed E-state index contributed by atoms with van der Waals surface area (Å²) in [5, 5.41) is 14.2. The van der Waals surface area contributed by atoms with E-state index in [1.807, 2.05) is 0 Å². The summed E-state index contributed by atoms with van der Waals surface area (Å²) in [7, 11) is 1.35. The largest absolute Gasteiger partial charge is 0.497 e. The van der Waals surface area contributed by atoms with Crippen LogP contribution in [0.5, 0.6) is 5.75 Å². The quantitative estimate of drug-likeness (QED) is 0.393. The van der Waals surface area contributed by atoms with E-state index in [9.17, 15) is 14.5 Å². The molecule has 9 heteroatoms. The first-order chi connectivity index (χ1) is 10.0. The fraction of sp³-hybridized carbons (Fsp3) is 0.167. The standard InChI is InChI=1S/C12H11FN4O3S/c1-20-7-5-8(13)11(17(18)19)9(6-7)15-10-3-4-14-12(16-10)21-2/h3-6H,1-2H3,(H,14,15,16). The SMILES string of the molecule is COc1cc(F)c([N+](=O)[O-])c(Nc2ccnc(SC)n2)c1. The van der Waals surface area contributed by atoms with E-state index < -0.39 is 16.4 Å². The van der Waals surface area contributed by atoms with Crippen molar-refractivity contribution in [2.45, 2.75) is 5.16 Å². The van der Waals surface area contributed by atoms with Crippen molar-refractivity contribution in [2.75, 3.05) is 18.7 Å². The lowest BCUT2D eigenvalue weighted by Gasteiger charge is -2.09. The second-order valence-electron chi connectivity index (χ2n) is 3.82. The molecule has 0 aliphatic carbocycles. The molecule has 0 saturated carbocycles. The van der Waals surface area contributed by atoms with Gasteiger partial charge in [0.05, 0.1) is 12.0 Å². The van der Waals surface area contributed by atoms with Crippen LogP contribution in [-0.2, 0) is 0 Å². The van der Waals surface area contributed by atoms with Gasteiger partial charge in [0.2, 0.25) is 5.82 Å². The maximum Gasteiger partial charge on any atom is 0.328 e. The van der Waals surface area contributed by atoms with Crippen LogP contribution in [0.1, 0.15) is 0 Å². The number of thioether (sulfide) groups is 1. The Kier molecular flexibility index (Phi) is 4.53. The summed E-state index contributed by atoms with van der Waals surface area (Å²) in [5.41, 5.74) is -0.706. The van der Waals surface area contributed by atoms with Crippen molar-refractivity contribution in [1.29, 1.82) is 0 Å². The van der Waals surface area contributed by atoms with Gasteiger partial charge >= 0.3 is 5.69 Å². The molecule has 1 aromatic carbocycles. The molecule has 0 spiro atoms. The van der Waals surface area contributed by atoms with Crippen LogP contribution in [0.2, 0.25) is 0 Å². The Labute approximate surface area is 123 Å². The van der Waals surface area contributed by atoms with Crippen molar-refractivity contribution in [3.63, 3.8) is 0 Å². The Morgan fingerprint density at radius 1 is 1.48 bits per heavy atom. The third kappa shape index (κ3) is 3.37. The third-order valence-electron chi connectivity index (χ3n) is 2.53. The highest BCUT2D eigenvalue weighted by molar-refractivity contribution is 7.98. The number of nitro groups is 1. The molecule has 110 valence electrons. The summed E-state index contributed by atoms with van der Waals surface area (Å²) in [6, 6.07) is 3.82. The number of halogens is 1. The fourth-order valence-electron chi connectivity index (χ4n) is 1.62. The first kappa shape index (κ1) is 15.0. The molecule has 0 radical (unpaired) electrons. The Morgan fingerprint density at radius 3 is 2.86 bits per heavy atom. The minimum atomic E-state index is -0.985. The molecular weight excluding hydrogens is 299 g/mol. The summed E-state index contributed by atoms with van der Waals surface area (Å²) in [4.78, 5) is 18.3. The van der Waals surface area contributed by atoms with Crippen molar-refractivity contribution in [3.8, 4) is 5.75 Å². The minimum Gasteiger partial charge on any atom is -0.497 e. The zero-order valence-corrected chi connectivity index (χ0v) is 12.0. The Hall–Kier alpha value is -2.42. The molecule has 0 amide bonds. The van der Waals surface area contributed by atoms with Crippen molar-refractivity contribution in [2.24, 2.45) is 0 Å². The number of methoxy groups -OCH3 is 1. The van der Waals surface area contributed by atoms with Crippen molar-refractivity contribution < 1.29 is 14.1 Å². The maximum atomic E-state index is 13.8. The predicted octanol–water partition coefficient (Wildman–Crippen LogP) is 3.00. The average molecular weight is 310 g/mol. The number of hydrogen-bond donors (Lipinski definition) is 1. The van der Waals surface area contributed by atoms with E-state index in [2.05, 4.69) is 15.3 Å². The summed E-state index contributed by atoms with van der Waals surface area (Å²) < 4.78 is 18.7. The van der Waals surface area contributed by atoms with Gasteiger partial charge in [-0.25, -0.2) is 9.97 Å². The second-order valence-corrected chi connectivity index (χ2v) is 4.59. The highest BCUT2D eigenvalue weighted by Crippen LogP contribution is 2.34. The number of nitro benzene ring substituents is 1. The molecule has 0 aliphatic rings. The molecule has 0 bridgehead atoms. The molecular formula is C12H11FN4O3S. The lowest BCUT2D eigenvalue weighted by molar-refractivity contribution is -0.386. The van der Waals surface area contributed by atoms with Crippen LogP contribution >= 0.6 is 11.8 Å². The normalized spacial score (nSPS) is 10.2. The van der Waals surface area contributed by atoms with Gasteiger partial charge in [0.1, 0.15) is 17.3 Å². The Bertz CT molecular complexity index is 684. The van der Waals surface area contributed by atoms with Crippen LogP contribution in [0.25, 0.3) is 0 Å². The Balaban J connectivity index is 2.46. The molecule has 1 N–H and O–H groups in total. The van der Waals surface area contributed by atoms with E-state index in [0.717, 1.165) is 6.07 Å². The summed E-state index contributed by atoms with van der Waals surface area (Å²) >= 11 is 1.32. The van der Waals surface area contributed by atoms with Gasteiger partial charge in [-0.15, -0.1) is 0 Å². The fourth-order valence-corrected chi connectivity index (χ4v) is 1.98. The average Bonchev–Trinajstić information content (AvgIpc) is 2.46. The predicted molar refractivity (Wildman–Crippen MR) is 76.7 cm³/mol. The second kappa shape index (κ2) is 6.35. The van der Waals surface area contributed by atoms with E-state index in [0.29, 0.717) is 11.0 Å². The van der Waals surface area contributed by atoms with Gasteiger partial charge in [-0.3, -0.25) is 10.1 Å². The number of ether oxygens (including phenoxy) is 1.